The van der Waals surface area contributed by atoms with E-state index < -0.39 is 0 Å². The maximum atomic E-state index is 11.2. The van der Waals surface area contributed by atoms with E-state index >= 15 is 0 Å². The Bertz CT molecular complexity index is 159. The Kier molecular flexibility index (Phi) is 4.06. The predicted octanol–water partition coefficient (Wildman–Crippen LogP) is 2.17. The van der Waals surface area contributed by atoms with E-state index in [-0.39, 0.29) is 5.91 Å². The molecule has 1 aliphatic heterocycles. The van der Waals surface area contributed by atoms with Gasteiger partial charge in [-0.25, -0.2) is 0 Å². The molecular weight excluding hydrogens is 218 g/mol. The second kappa shape index (κ2) is 4.85. The SMILES string of the molecule is CC(=O)N1CCCCC1CCBr. The quantitative estimate of drug-likeness (QED) is 0.670. The molecule has 0 aromatic carbocycles. The van der Waals surface area contributed by atoms with Crippen LogP contribution in [0, 0.1) is 0 Å². The standard InChI is InChI=1S/C9H16BrNO/c1-8(12)11-7-3-2-4-9(11)5-6-10/h9H,2-7H2,1H3. The molecule has 1 amide bonds. The number of likely N-dealkylation sites (tertiary alicyclic amines) is 1. The highest BCUT2D eigenvalue weighted by Crippen LogP contribution is 2.20. The first kappa shape index (κ1) is 10.0. The van der Waals surface area contributed by atoms with Crippen molar-refractivity contribution < 1.29 is 4.79 Å². The summed E-state index contributed by atoms with van der Waals surface area (Å²) in [4.78, 5) is 13.2. The van der Waals surface area contributed by atoms with Gasteiger partial charge in [-0.15, -0.1) is 0 Å². The summed E-state index contributed by atoms with van der Waals surface area (Å²) in [6.07, 6.45) is 4.74. The van der Waals surface area contributed by atoms with Gasteiger partial charge in [0.1, 0.15) is 0 Å². The number of rotatable bonds is 2. The predicted molar refractivity (Wildman–Crippen MR) is 53.4 cm³/mol. The summed E-state index contributed by atoms with van der Waals surface area (Å²) in [5.74, 6) is 0.237. The average Bonchev–Trinajstić information content (AvgIpc) is 2.05. The molecule has 0 N–H and O–H groups in total. The van der Waals surface area contributed by atoms with Crippen molar-refractivity contribution in [2.45, 2.75) is 38.6 Å². The van der Waals surface area contributed by atoms with Gasteiger partial charge < -0.3 is 4.90 Å². The fourth-order valence-corrected chi connectivity index (χ4v) is 2.37. The molecule has 1 rings (SSSR count). The monoisotopic (exact) mass is 233 g/mol. The lowest BCUT2D eigenvalue weighted by atomic mass is 10.0. The fourth-order valence-electron chi connectivity index (χ4n) is 1.84. The summed E-state index contributed by atoms with van der Waals surface area (Å²) >= 11 is 3.42. The second-order valence-electron chi connectivity index (χ2n) is 3.34. The molecule has 0 aromatic heterocycles. The van der Waals surface area contributed by atoms with Gasteiger partial charge in [0.15, 0.2) is 0 Å². The summed E-state index contributed by atoms with van der Waals surface area (Å²) in [5, 5.41) is 1.00. The van der Waals surface area contributed by atoms with Crippen molar-refractivity contribution >= 4 is 21.8 Å². The maximum absolute atomic E-state index is 11.2. The molecule has 1 saturated heterocycles. The van der Waals surface area contributed by atoms with Crippen molar-refractivity contribution in [2.24, 2.45) is 0 Å². The first-order valence-electron chi connectivity index (χ1n) is 4.59. The molecular formula is C9H16BrNO. The van der Waals surface area contributed by atoms with Gasteiger partial charge in [-0.1, -0.05) is 15.9 Å². The van der Waals surface area contributed by atoms with Gasteiger partial charge in [0.25, 0.3) is 0 Å². The van der Waals surface area contributed by atoms with Crippen LogP contribution in [-0.2, 0) is 4.79 Å². The van der Waals surface area contributed by atoms with E-state index in [1.807, 2.05) is 4.90 Å². The van der Waals surface area contributed by atoms with E-state index in [9.17, 15) is 4.79 Å². The van der Waals surface area contributed by atoms with Crippen LogP contribution in [0.4, 0.5) is 0 Å². The van der Waals surface area contributed by atoms with Crippen molar-refractivity contribution in [1.29, 1.82) is 0 Å². The third-order valence-electron chi connectivity index (χ3n) is 2.47. The van der Waals surface area contributed by atoms with Crippen LogP contribution in [-0.4, -0.2) is 28.7 Å². The van der Waals surface area contributed by atoms with Gasteiger partial charge in [-0.05, 0) is 25.7 Å². The Labute approximate surface area is 82.4 Å². The molecule has 1 aliphatic rings. The zero-order valence-electron chi connectivity index (χ0n) is 7.55. The Morgan fingerprint density at radius 2 is 2.33 bits per heavy atom. The van der Waals surface area contributed by atoms with Gasteiger partial charge in [0.05, 0.1) is 0 Å². The Morgan fingerprint density at radius 3 is 2.92 bits per heavy atom. The molecule has 0 spiro atoms. The highest BCUT2D eigenvalue weighted by molar-refractivity contribution is 9.09. The fraction of sp³-hybridized carbons (Fsp3) is 0.889. The molecule has 0 aliphatic carbocycles. The van der Waals surface area contributed by atoms with Crippen LogP contribution in [0.5, 0.6) is 0 Å². The smallest absolute Gasteiger partial charge is 0.219 e. The third kappa shape index (κ3) is 2.47. The van der Waals surface area contributed by atoms with Crippen molar-refractivity contribution in [3.05, 3.63) is 0 Å². The van der Waals surface area contributed by atoms with E-state index in [1.54, 1.807) is 6.92 Å². The van der Waals surface area contributed by atoms with Gasteiger partial charge in [0.2, 0.25) is 5.91 Å². The summed E-state index contributed by atoms with van der Waals surface area (Å²) < 4.78 is 0. The van der Waals surface area contributed by atoms with Crippen molar-refractivity contribution in [2.75, 3.05) is 11.9 Å². The van der Waals surface area contributed by atoms with E-state index in [2.05, 4.69) is 15.9 Å². The largest absolute Gasteiger partial charge is 0.340 e. The highest BCUT2D eigenvalue weighted by Gasteiger charge is 2.23. The van der Waals surface area contributed by atoms with E-state index in [4.69, 9.17) is 0 Å². The van der Waals surface area contributed by atoms with Crippen LogP contribution in [0.2, 0.25) is 0 Å². The lowest BCUT2D eigenvalue weighted by molar-refractivity contribution is -0.132. The number of amides is 1. The number of nitrogens with zero attached hydrogens (tertiary/aromatic N) is 1. The molecule has 2 nitrogen and oxygen atoms in total. The summed E-state index contributed by atoms with van der Waals surface area (Å²) in [6, 6.07) is 0.496. The van der Waals surface area contributed by atoms with Crippen LogP contribution >= 0.6 is 15.9 Å². The highest BCUT2D eigenvalue weighted by atomic mass is 79.9. The van der Waals surface area contributed by atoms with E-state index in [0.29, 0.717) is 6.04 Å². The number of hydrogen-bond acceptors (Lipinski definition) is 1. The lowest BCUT2D eigenvalue weighted by Gasteiger charge is -2.34. The van der Waals surface area contributed by atoms with Gasteiger partial charge >= 0.3 is 0 Å². The van der Waals surface area contributed by atoms with Crippen molar-refractivity contribution in [3.8, 4) is 0 Å². The van der Waals surface area contributed by atoms with Gasteiger partial charge in [-0.2, -0.15) is 0 Å². The van der Waals surface area contributed by atoms with Crippen LogP contribution in [0.1, 0.15) is 32.6 Å². The lowest BCUT2D eigenvalue weighted by Crippen LogP contribution is -2.42. The molecule has 1 unspecified atom stereocenters. The summed E-state index contributed by atoms with van der Waals surface area (Å²) in [7, 11) is 0. The minimum Gasteiger partial charge on any atom is -0.340 e. The minimum atomic E-state index is 0.237. The zero-order valence-corrected chi connectivity index (χ0v) is 9.14. The summed E-state index contributed by atoms with van der Waals surface area (Å²) in [6.45, 7) is 2.64. The number of alkyl halides is 1. The van der Waals surface area contributed by atoms with E-state index in [1.165, 1.54) is 19.3 Å². The zero-order chi connectivity index (χ0) is 8.97. The number of carbonyl (C=O) groups is 1. The molecule has 0 saturated carbocycles. The van der Waals surface area contributed by atoms with Crippen LogP contribution in [0.15, 0.2) is 0 Å². The second-order valence-corrected chi connectivity index (χ2v) is 4.13. The Hall–Kier alpha value is -0.0500. The minimum absolute atomic E-state index is 0.237. The number of hydrogen-bond donors (Lipinski definition) is 0. The average molecular weight is 234 g/mol. The first-order chi connectivity index (χ1) is 5.75. The van der Waals surface area contributed by atoms with Gasteiger partial charge in [-0.3, -0.25) is 4.79 Å². The molecule has 1 fully saturated rings. The van der Waals surface area contributed by atoms with Crippen LogP contribution in [0.25, 0.3) is 0 Å². The topological polar surface area (TPSA) is 20.3 Å². The third-order valence-corrected chi connectivity index (χ3v) is 2.93. The molecule has 1 atom stereocenters. The Balaban J connectivity index is 2.48. The number of piperidine rings is 1. The number of halogens is 1. The van der Waals surface area contributed by atoms with Gasteiger partial charge in [0, 0.05) is 24.8 Å². The molecule has 0 bridgehead atoms. The normalized spacial score (nSPS) is 24.2. The number of carbonyl (C=O) groups excluding carboxylic acids is 1. The van der Waals surface area contributed by atoms with Crippen LogP contribution < -0.4 is 0 Å². The maximum Gasteiger partial charge on any atom is 0.219 e. The van der Waals surface area contributed by atoms with Crippen molar-refractivity contribution in [3.63, 3.8) is 0 Å². The Morgan fingerprint density at radius 1 is 1.58 bits per heavy atom. The van der Waals surface area contributed by atoms with Crippen molar-refractivity contribution in [1.82, 2.24) is 4.90 Å². The molecule has 0 aromatic rings. The molecule has 0 radical (unpaired) electrons. The molecule has 12 heavy (non-hydrogen) atoms. The van der Waals surface area contributed by atoms with E-state index in [0.717, 1.165) is 18.3 Å². The molecule has 3 heteroatoms. The molecule has 70 valence electrons. The van der Waals surface area contributed by atoms with Crippen LogP contribution in [0.3, 0.4) is 0 Å². The summed E-state index contributed by atoms with van der Waals surface area (Å²) in [5.41, 5.74) is 0. The molecule has 1 heterocycles. The first-order valence-corrected chi connectivity index (χ1v) is 5.71.